The van der Waals surface area contributed by atoms with Crippen molar-refractivity contribution in [3.8, 4) is 28.0 Å². The molecule has 0 radical (unpaired) electrons. The van der Waals surface area contributed by atoms with E-state index in [2.05, 4.69) is 9.47 Å². The van der Waals surface area contributed by atoms with E-state index in [4.69, 9.17) is 0 Å². The molecule has 0 atom stereocenters. The van der Waals surface area contributed by atoms with Crippen LogP contribution < -0.4 is 4.74 Å². The number of aryl methyl sites for hydroxylation is 1. The summed E-state index contributed by atoms with van der Waals surface area (Å²) in [6, 6.07) is 8.27. The Bertz CT molecular complexity index is 2040. The van der Waals surface area contributed by atoms with E-state index in [1.165, 1.54) is 18.2 Å². The molecule has 0 saturated carbocycles. The molecular formula is C34H18F14O2. The van der Waals surface area contributed by atoms with Crippen molar-refractivity contribution < 1.29 is 70.9 Å². The summed E-state index contributed by atoms with van der Waals surface area (Å²) in [6.07, 6.45) is -15.4. The van der Waals surface area contributed by atoms with Crippen LogP contribution in [0.2, 0.25) is 0 Å². The predicted octanol–water partition coefficient (Wildman–Crippen LogP) is 11.8. The molecule has 16 heteroatoms. The Labute approximate surface area is 272 Å². The summed E-state index contributed by atoms with van der Waals surface area (Å²) >= 11 is 0. The van der Waals surface area contributed by atoms with Gasteiger partial charge in [0.2, 0.25) is 0 Å². The first-order valence-electron chi connectivity index (χ1n) is 14.1. The van der Waals surface area contributed by atoms with E-state index < -0.39 is 99.4 Å². The number of ether oxygens (including phenoxy) is 2. The molecule has 5 rings (SSSR count). The van der Waals surface area contributed by atoms with Gasteiger partial charge in [-0.05, 0) is 52.8 Å². The molecule has 0 fully saturated rings. The summed E-state index contributed by atoms with van der Waals surface area (Å²) in [5.41, 5.74) is -6.60. The SMILES string of the molecule is CCCc1ccc2c(F)c(-c3cc(F)c(-c4cc(F)c(C(F)(F)Oc5cc(F)c(C(F)(F)OC(F)(F)F)c(F)c5)c(F)c4)c(F)c3)ccc2c1. The quantitative estimate of drug-likeness (QED) is 0.141. The summed E-state index contributed by atoms with van der Waals surface area (Å²) in [5, 5.41) is 0.663. The van der Waals surface area contributed by atoms with E-state index in [-0.39, 0.29) is 28.6 Å². The van der Waals surface area contributed by atoms with E-state index in [0.717, 1.165) is 18.4 Å². The molecular weight excluding hydrogens is 706 g/mol. The molecule has 0 heterocycles. The highest BCUT2D eigenvalue weighted by atomic mass is 19.4. The molecule has 5 aromatic carbocycles. The second kappa shape index (κ2) is 13.1. The summed E-state index contributed by atoms with van der Waals surface area (Å²) in [6.45, 7) is 1.96. The van der Waals surface area contributed by atoms with Crippen LogP contribution in [0.5, 0.6) is 5.75 Å². The van der Waals surface area contributed by atoms with Crippen molar-refractivity contribution in [2.75, 3.05) is 0 Å². The van der Waals surface area contributed by atoms with Gasteiger partial charge in [0, 0.05) is 23.1 Å². The van der Waals surface area contributed by atoms with Gasteiger partial charge < -0.3 is 4.74 Å². The maximum Gasteiger partial charge on any atom is 0.527 e. The van der Waals surface area contributed by atoms with Crippen molar-refractivity contribution >= 4 is 10.8 Å². The van der Waals surface area contributed by atoms with Gasteiger partial charge in [0.05, 0.1) is 5.56 Å². The second-order valence-corrected chi connectivity index (χ2v) is 10.8. The third-order valence-corrected chi connectivity index (χ3v) is 7.33. The highest BCUT2D eigenvalue weighted by molar-refractivity contribution is 5.89. The Morgan fingerprint density at radius 1 is 0.560 bits per heavy atom. The smallest absolute Gasteiger partial charge is 0.429 e. The first kappa shape index (κ1) is 36.4. The van der Waals surface area contributed by atoms with Gasteiger partial charge >= 0.3 is 18.6 Å². The zero-order valence-corrected chi connectivity index (χ0v) is 24.9. The van der Waals surface area contributed by atoms with Crippen LogP contribution in [0, 0.1) is 40.7 Å². The molecule has 50 heavy (non-hydrogen) atoms. The third-order valence-electron chi connectivity index (χ3n) is 7.33. The van der Waals surface area contributed by atoms with Crippen LogP contribution in [0.4, 0.5) is 61.5 Å². The van der Waals surface area contributed by atoms with E-state index in [1.807, 2.05) is 6.92 Å². The maximum atomic E-state index is 15.4. The van der Waals surface area contributed by atoms with Crippen LogP contribution >= 0.6 is 0 Å². The average molecular weight is 724 g/mol. The Kier molecular flexibility index (Phi) is 9.55. The van der Waals surface area contributed by atoms with Crippen molar-refractivity contribution in [3.05, 3.63) is 124 Å². The van der Waals surface area contributed by atoms with Gasteiger partial charge in [0.1, 0.15) is 57.6 Å². The van der Waals surface area contributed by atoms with E-state index in [9.17, 15) is 48.3 Å². The molecule has 0 unspecified atom stereocenters. The zero-order valence-electron chi connectivity index (χ0n) is 24.9. The van der Waals surface area contributed by atoms with Gasteiger partial charge in [-0.25, -0.2) is 35.5 Å². The van der Waals surface area contributed by atoms with E-state index in [1.54, 1.807) is 12.1 Å². The monoisotopic (exact) mass is 724 g/mol. The number of hydrogen-bond acceptors (Lipinski definition) is 2. The van der Waals surface area contributed by atoms with Gasteiger partial charge in [-0.3, -0.25) is 0 Å². The molecule has 0 aliphatic carbocycles. The fourth-order valence-electron chi connectivity index (χ4n) is 5.29. The molecule has 0 N–H and O–H groups in total. The zero-order chi connectivity index (χ0) is 36.9. The predicted molar refractivity (Wildman–Crippen MR) is 151 cm³/mol. The minimum absolute atomic E-state index is 0.0562. The van der Waals surface area contributed by atoms with Crippen molar-refractivity contribution in [1.29, 1.82) is 0 Å². The number of fused-ring (bicyclic) bond motifs is 1. The van der Waals surface area contributed by atoms with Crippen molar-refractivity contribution in [3.63, 3.8) is 0 Å². The van der Waals surface area contributed by atoms with Gasteiger partial charge in [0.25, 0.3) is 0 Å². The fraction of sp³-hybridized carbons (Fsp3) is 0.176. The van der Waals surface area contributed by atoms with Crippen molar-refractivity contribution in [2.24, 2.45) is 0 Å². The van der Waals surface area contributed by atoms with Gasteiger partial charge in [-0.2, -0.15) is 17.6 Å². The largest absolute Gasteiger partial charge is 0.527 e. The second-order valence-electron chi connectivity index (χ2n) is 10.8. The number of rotatable bonds is 9. The van der Waals surface area contributed by atoms with Crippen LogP contribution in [0.3, 0.4) is 0 Å². The lowest BCUT2D eigenvalue weighted by atomic mass is 9.95. The van der Waals surface area contributed by atoms with Crippen LogP contribution in [0.25, 0.3) is 33.0 Å². The highest BCUT2D eigenvalue weighted by Gasteiger charge is 2.50. The normalized spacial score (nSPS) is 12.5. The molecule has 0 saturated heterocycles. The Morgan fingerprint density at radius 3 is 1.62 bits per heavy atom. The maximum absolute atomic E-state index is 15.4. The molecule has 0 bridgehead atoms. The Morgan fingerprint density at radius 2 is 1.08 bits per heavy atom. The molecule has 264 valence electrons. The van der Waals surface area contributed by atoms with Crippen LogP contribution in [-0.2, 0) is 23.4 Å². The number of alkyl halides is 7. The minimum Gasteiger partial charge on any atom is -0.429 e. The van der Waals surface area contributed by atoms with Crippen molar-refractivity contribution in [2.45, 2.75) is 38.3 Å². The first-order valence-corrected chi connectivity index (χ1v) is 14.1. The van der Waals surface area contributed by atoms with Gasteiger partial charge in [0.15, 0.2) is 0 Å². The molecule has 0 aliphatic rings. The topological polar surface area (TPSA) is 18.5 Å². The van der Waals surface area contributed by atoms with E-state index in [0.29, 0.717) is 17.5 Å². The summed E-state index contributed by atoms with van der Waals surface area (Å²) in [7, 11) is 0. The fourth-order valence-corrected chi connectivity index (χ4v) is 5.29. The minimum atomic E-state index is -6.09. The van der Waals surface area contributed by atoms with Crippen molar-refractivity contribution in [1.82, 2.24) is 0 Å². The number of hydrogen-bond donors (Lipinski definition) is 0. The lowest BCUT2D eigenvalue weighted by Gasteiger charge is -2.22. The lowest BCUT2D eigenvalue weighted by molar-refractivity contribution is -0.432. The molecule has 5 aromatic rings. The first-order chi connectivity index (χ1) is 23.2. The van der Waals surface area contributed by atoms with Gasteiger partial charge in [-0.1, -0.05) is 43.7 Å². The molecule has 0 spiro atoms. The van der Waals surface area contributed by atoms with Crippen LogP contribution in [0.15, 0.2) is 66.7 Å². The van der Waals surface area contributed by atoms with Crippen LogP contribution in [0.1, 0.15) is 30.0 Å². The Balaban J connectivity index is 1.46. The average Bonchev–Trinajstić information content (AvgIpc) is 2.94. The summed E-state index contributed by atoms with van der Waals surface area (Å²) in [4.78, 5) is 0. The molecule has 2 nitrogen and oxygen atoms in total. The van der Waals surface area contributed by atoms with E-state index >= 15 is 13.2 Å². The Hall–Kier alpha value is -4.86. The third kappa shape index (κ3) is 7.20. The standard InChI is InChI=1S/C34H18F14O2/c1-2-3-15-4-6-20-16(8-15)5-7-21(31(20)41)17-9-22(35)28(23(36)10-17)18-11-24(37)29(25(38)12-18)32(42,43)49-19-13-26(39)30(27(40)14-19)33(44,45)50-34(46,47)48/h4-14H,2-3H2,1H3. The molecule has 0 aliphatic heterocycles. The number of benzene rings is 5. The summed E-state index contributed by atoms with van der Waals surface area (Å²) < 4.78 is 204. The number of halogens is 14. The van der Waals surface area contributed by atoms with Crippen LogP contribution in [-0.4, -0.2) is 6.36 Å². The lowest BCUT2D eigenvalue weighted by Crippen LogP contribution is -2.30. The molecule has 0 aromatic heterocycles. The highest BCUT2D eigenvalue weighted by Crippen LogP contribution is 2.43. The van der Waals surface area contributed by atoms with Gasteiger partial charge in [-0.15, -0.1) is 13.2 Å². The summed E-state index contributed by atoms with van der Waals surface area (Å²) in [5.74, 6) is -15.1. The molecule has 0 amide bonds.